The Morgan fingerprint density at radius 1 is 1.29 bits per heavy atom. The molecule has 7 nitrogen and oxygen atoms in total. The van der Waals surface area contributed by atoms with Gasteiger partial charge in [0.05, 0.1) is 13.1 Å². The number of aliphatic imine (C=N–C) groups is 1. The van der Waals surface area contributed by atoms with Crippen LogP contribution in [-0.4, -0.2) is 40.9 Å². The molecule has 0 aliphatic heterocycles. The van der Waals surface area contributed by atoms with Crippen molar-refractivity contribution >= 4 is 5.96 Å². The summed E-state index contributed by atoms with van der Waals surface area (Å²) >= 11 is 0. The normalized spacial score (nSPS) is 11.6. The van der Waals surface area contributed by atoms with Gasteiger partial charge in [-0.1, -0.05) is 32.0 Å². The van der Waals surface area contributed by atoms with Crippen molar-refractivity contribution < 1.29 is 4.74 Å². The Kier molecular flexibility index (Phi) is 6.60. The van der Waals surface area contributed by atoms with Crippen LogP contribution in [-0.2, 0) is 13.6 Å². The summed E-state index contributed by atoms with van der Waals surface area (Å²) in [5.41, 5.74) is 1.22. The largest absolute Gasteiger partial charge is 0.491 e. The van der Waals surface area contributed by atoms with Crippen LogP contribution in [0.4, 0.5) is 0 Å². The van der Waals surface area contributed by atoms with Gasteiger partial charge in [0.25, 0.3) is 0 Å². The van der Waals surface area contributed by atoms with Crippen LogP contribution in [0.25, 0.3) is 0 Å². The molecule has 2 aromatic rings. The van der Waals surface area contributed by atoms with E-state index in [0.717, 1.165) is 11.6 Å². The fourth-order valence-electron chi connectivity index (χ4n) is 2.28. The molecule has 0 amide bonds. The zero-order valence-electron chi connectivity index (χ0n) is 14.8. The van der Waals surface area contributed by atoms with E-state index in [2.05, 4.69) is 45.6 Å². The molecule has 0 spiro atoms. The molecule has 130 valence electrons. The van der Waals surface area contributed by atoms with E-state index in [-0.39, 0.29) is 0 Å². The highest BCUT2D eigenvalue weighted by Gasteiger charge is 2.07. The molecular formula is C17H26N6O. The second kappa shape index (κ2) is 8.90. The van der Waals surface area contributed by atoms with E-state index in [4.69, 9.17) is 4.74 Å². The van der Waals surface area contributed by atoms with Gasteiger partial charge in [-0.2, -0.15) is 5.10 Å². The van der Waals surface area contributed by atoms with Crippen LogP contribution in [0.15, 0.2) is 35.6 Å². The first-order chi connectivity index (χ1) is 11.6. The first-order valence-corrected chi connectivity index (χ1v) is 8.11. The Labute approximate surface area is 143 Å². The minimum absolute atomic E-state index is 0.440. The summed E-state index contributed by atoms with van der Waals surface area (Å²) in [4.78, 5) is 8.36. The van der Waals surface area contributed by atoms with Gasteiger partial charge in [0.15, 0.2) is 5.96 Å². The van der Waals surface area contributed by atoms with Crippen molar-refractivity contribution in [3.63, 3.8) is 0 Å². The predicted octanol–water partition coefficient (Wildman–Crippen LogP) is 1.68. The summed E-state index contributed by atoms with van der Waals surface area (Å²) in [5.74, 6) is 2.94. The first-order valence-electron chi connectivity index (χ1n) is 8.11. The lowest BCUT2D eigenvalue weighted by Gasteiger charge is -2.15. The molecule has 0 saturated carbocycles. The number of nitrogens with one attached hydrogen (secondary N) is 2. The van der Waals surface area contributed by atoms with Gasteiger partial charge < -0.3 is 15.4 Å². The van der Waals surface area contributed by atoms with E-state index >= 15 is 0 Å². The third-order valence-corrected chi connectivity index (χ3v) is 3.64. The van der Waals surface area contributed by atoms with Crippen LogP contribution in [0.1, 0.15) is 31.2 Å². The number of guanidine groups is 1. The van der Waals surface area contributed by atoms with E-state index in [1.807, 2.05) is 25.2 Å². The lowest BCUT2D eigenvalue weighted by atomic mass is 10.0. The number of benzene rings is 1. The first kappa shape index (κ1) is 17.8. The molecule has 2 N–H and O–H groups in total. The highest BCUT2D eigenvalue weighted by atomic mass is 16.5. The van der Waals surface area contributed by atoms with Crippen LogP contribution in [0.2, 0.25) is 0 Å². The summed E-state index contributed by atoms with van der Waals surface area (Å²) in [5, 5.41) is 10.5. The summed E-state index contributed by atoms with van der Waals surface area (Å²) in [7, 11) is 3.60. The Bertz CT molecular complexity index is 665. The molecule has 2 rings (SSSR count). The molecule has 24 heavy (non-hydrogen) atoms. The van der Waals surface area contributed by atoms with Crippen LogP contribution < -0.4 is 15.4 Å². The number of para-hydroxylation sites is 1. The molecule has 0 bridgehead atoms. The van der Waals surface area contributed by atoms with Crippen LogP contribution >= 0.6 is 0 Å². The highest BCUT2D eigenvalue weighted by molar-refractivity contribution is 5.79. The quantitative estimate of drug-likeness (QED) is 0.459. The van der Waals surface area contributed by atoms with Gasteiger partial charge in [0.1, 0.15) is 24.5 Å². The Morgan fingerprint density at radius 3 is 2.75 bits per heavy atom. The zero-order chi connectivity index (χ0) is 17.4. The number of nitrogens with zero attached hydrogens (tertiary/aromatic N) is 4. The van der Waals surface area contributed by atoms with E-state index in [9.17, 15) is 0 Å². The summed E-state index contributed by atoms with van der Waals surface area (Å²) in [6.07, 6.45) is 1.53. The molecule has 1 aromatic carbocycles. The topological polar surface area (TPSA) is 76.4 Å². The van der Waals surface area contributed by atoms with Gasteiger partial charge in [-0.05, 0) is 17.5 Å². The second-order valence-electron chi connectivity index (χ2n) is 5.69. The average molecular weight is 330 g/mol. The fourth-order valence-corrected chi connectivity index (χ4v) is 2.28. The van der Waals surface area contributed by atoms with Crippen molar-refractivity contribution in [2.45, 2.75) is 26.3 Å². The maximum Gasteiger partial charge on any atom is 0.191 e. The Balaban J connectivity index is 1.75. The van der Waals surface area contributed by atoms with Gasteiger partial charge in [0, 0.05) is 14.1 Å². The van der Waals surface area contributed by atoms with Crippen LogP contribution in [0, 0.1) is 0 Å². The Morgan fingerprint density at radius 2 is 2.08 bits per heavy atom. The van der Waals surface area contributed by atoms with E-state index in [0.29, 0.717) is 31.6 Å². The fraction of sp³-hybridized carbons (Fsp3) is 0.471. The van der Waals surface area contributed by atoms with Gasteiger partial charge in [-0.3, -0.25) is 9.67 Å². The minimum atomic E-state index is 0.440. The predicted molar refractivity (Wildman–Crippen MR) is 95.2 cm³/mol. The number of aromatic nitrogens is 3. The summed E-state index contributed by atoms with van der Waals surface area (Å²) in [6.45, 7) is 6.11. The number of rotatable bonds is 7. The smallest absolute Gasteiger partial charge is 0.191 e. The van der Waals surface area contributed by atoms with Crippen molar-refractivity contribution in [2.24, 2.45) is 12.0 Å². The lowest BCUT2D eigenvalue weighted by molar-refractivity contribution is 0.317. The number of aryl methyl sites for hydroxylation is 1. The van der Waals surface area contributed by atoms with Gasteiger partial charge in [-0.15, -0.1) is 0 Å². The van der Waals surface area contributed by atoms with Crippen molar-refractivity contribution in [3.05, 3.63) is 42.0 Å². The van der Waals surface area contributed by atoms with Crippen molar-refractivity contribution in [2.75, 3.05) is 20.2 Å². The van der Waals surface area contributed by atoms with Crippen LogP contribution in [0.5, 0.6) is 5.75 Å². The van der Waals surface area contributed by atoms with Gasteiger partial charge >= 0.3 is 0 Å². The average Bonchev–Trinajstić information content (AvgIpc) is 2.99. The molecule has 7 heteroatoms. The monoisotopic (exact) mass is 330 g/mol. The van der Waals surface area contributed by atoms with Crippen molar-refractivity contribution in [3.8, 4) is 5.75 Å². The standard InChI is InChI=1S/C17H26N6O/c1-13(2)14-7-5-6-8-15(14)24-10-9-19-17(18-3)20-11-16-21-12-22-23(16)4/h5-8,12-13H,9-11H2,1-4H3,(H2,18,19,20). The Hall–Kier alpha value is -2.57. The maximum atomic E-state index is 5.89. The molecule has 0 atom stereocenters. The van der Waals surface area contributed by atoms with E-state index in [1.54, 1.807) is 11.7 Å². The molecule has 0 radical (unpaired) electrons. The van der Waals surface area contributed by atoms with Gasteiger partial charge in [0.2, 0.25) is 0 Å². The molecule has 0 aliphatic rings. The molecule has 0 fully saturated rings. The number of hydrogen-bond donors (Lipinski definition) is 2. The third kappa shape index (κ3) is 4.97. The number of hydrogen-bond acceptors (Lipinski definition) is 4. The maximum absolute atomic E-state index is 5.89. The van der Waals surface area contributed by atoms with Crippen molar-refractivity contribution in [1.82, 2.24) is 25.4 Å². The number of ether oxygens (including phenoxy) is 1. The summed E-state index contributed by atoms with van der Waals surface area (Å²) in [6, 6.07) is 8.15. The SMILES string of the molecule is CN=C(NCCOc1ccccc1C(C)C)NCc1ncnn1C. The summed E-state index contributed by atoms with van der Waals surface area (Å²) < 4.78 is 7.62. The molecule has 0 aliphatic carbocycles. The minimum Gasteiger partial charge on any atom is -0.491 e. The van der Waals surface area contributed by atoms with Crippen LogP contribution in [0.3, 0.4) is 0 Å². The van der Waals surface area contributed by atoms with Crippen molar-refractivity contribution in [1.29, 1.82) is 0 Å². The molecule has 1 heterocycles. The van der Waals surface area contributed by atoms with E-state index in [1.165, 1.54) is 11.9 Å². The molecule has 0 saturated heterocycles. The zero-order valence-corrected chi connectivity index (χ0v) is 14.8. The lowest BCUT2D eigenvalue weighted by Crippen LogP contribution is -2.39. The van der Waals surface area contributed by atoms with E-state index < -0.39 is 0 Å². The third-order valence-electron chi connectivity index (χ3n) is 3.64. The second-order valence-corrected chi connectivity index (χ2v) is 5.69. The highest BCUT2D eigenvalue weighted by Crippen LogP contribution is 2.25. The molecular weight excluding hydrogens is 304 g/mol. The van der Waals surface area contributed by atoms with Gasteiger partial charge in [-0.25, -0.2) is 4.98 Å². The molecule has 1 aromatic heterocycles. The molecule has 0 unspecified atom stereocenters.